The summed E-state index contributed by atoms with van der Waals surface area (Å²) < 4.78 is 14.6. The minimum absolute atomic E-state index is 0.00206. The van der Waals surface area contributed by atoms with Crippen LogP contribution in [-0.4, -0.2) is 16.6 Å². The minimum atomic E-state index is -0.844. The molecule has 1 amide bonds. The first-order chi connectivity index (χ1) is 14.3. The number of nitro benzene ring substituents is 1. The molecule has 0 saturated carbocycles. The number of benzene rings is 2. The van der Waals surface area contributed by atoms with Gasteiger partial charge in [-0.3, -0.25) is 24.6 Å². The standard InChI is InChI=1S/C21H15Cl2FN2O4/c22-11-7-8-15(26(29)30)17(9-11)25-16-5-2-6-18(27)21(16)12(10-19(25)28)20-13(23)3-1-4-14(20)24/h1,3-4,7-9,12H,2,5-6,10H2. The second-order valence-electron chi connectivity index (χ2n) is 7.15. The molecular formula is C21H15Cl2FN2O4. The Bertz CT molecular complexity index is 1110. The summed E-state index contributed by atoms with van der Waals surface area (Å²) in [5.41, 5.74) is 0.410. The quantitative estimate of drug-likeness (QED) is 0.454. The lowest BCUT2D eigenvalue weighted by Gasteiger charge is -2.38. The minimum Gasteiger partial charge on any atom is -0.294 e. The SMILES string of the molecule is O=C1CCCC2=C1C(c1c(F)cccc1Cl)CC(=O)N2c1cc(Cl)ccc1[N+](=O)[O-]. The molecule has 6 nitrogen and oxygen atoms in total. The van der Waals surface area contributed by atoms with Crippen LogP contribution < -0.4 is 4.90 Å². The number of hydrogen-bond acceptors (Lipinski definition) is 4. The molecule has 2 aromatic carbocycles. The number of carbonyl (C=O) groups is 2. The van der Waals surface area contributed by atoms with E-state index in [-0.39, 0.29) is 51.2 Å². The Morgan fingerprint density at radius 3 is 2.60 bits per heavy atom. The molecule has 2 aliphatic rings. The molecule has 154 valence electrons. The van der Waals surface area contributed by atoms with E-state index in [9.17, 15) is 24.1 Å². The molecule has 0 radical (unpaired) electrons. The zero-order chi connectivity index (χ0) is 21.6. The normalized spacial score (nSPS) is 19.2. The fourth-order valence-electron chi connectivity index (χ4n) is 4.19. The van der Waals surface area contributed by atoms with E-state index in [0.29, 0.717) is 18.5 Å². The van der Waals surface area contributed by atoms with Gasteiger partial charge in [0.2, 0.25) is 5.91 Å². The topological polar surface area (TPSA) is 80.5 Å². The van der Waals surface area contributed by atoms with Gasteiger partial charge in [0.05, 0.1) is 4.92 Å². The van der Waals surface area contributed by atoms with E-state index >= 15 is 0 Å². The van der Waals surface area contributed by atoms with Crippen LogP contribution in [0, 0.1) is 15.9 Å². The van der Waals surface area contributed by atoms with Crippen molar-refractivity contribution in [2.24, 2.45) is 0 Å². The van der Waals surface area contributed by atoms with Gasteiger partial charge in [-0.2, -0.15) is 0 Å². The summed E-state index contributed by atoms with van der Waals surface area (Å²) in [7, 11) is 0. The number of carbonyl (C=O) groups excluding carboxylic acids is 2. The van der Waals surface area contributed by atoms with Crippen LogP contribution in [0.4, 0.5) is 15.8 Å². The Morgan fingerprint density at radius 2 is 1.90 bits per heavy atom. The molecule has 0 N–H and O–H groups in total. The first kappa shape index (κ1) is 20.5. The van der Waals surface area contributed by atoms with Crippen molar-refractivity contribution in [2.45, 2.75) is 31.6 Å². The van der Waals surface area contributed by atoms with E-state index in [2.05, 4.69) is 0 Å². The van der Waals surface area contributed by atoms with Gasteiger partial charge in [-0.25, -0.2) is 4.39 Å². The van der Waals surface area contributed by atoms with E-state index < -0.39 is 22.6 Å². The third kappa shape index (κ3) is 3.38. The zero-order valence-corrected chi connectivity index (χ0v) is 17.0. The molecule has 1 aliphatic carbocycles. The predicted octanol–water partition coefficient (Wildman–Crippen LogP) is 5.57. The van der Waals surface area contributed by atoms with Crippen molar-refractivity contribution < 1.29 is 18.9 Å². The predicted molar refractivity (Wildman–Crippen MR) is 110 cm³/mol. The summed E-state index contributed by atoms with van der Waals surface area (Å²) in [6.07, 6.45) is 0.836. The van der Waals surface area contributed by atoms with Crippen LogP contribution >= 0.6 is 23.2 Å². The van der Waals surface area contributed by atoms with Gasteiger partial charge in [0.15, 0.2) is 5.78 Å². The van der Waals surface area contributed by atoms with Crippen molar-refractivity contribution in [1.29, 1.82) is 0 Å². The third-order valence-electron chi connectivity index (χ3n) is 5.40. The van der Waals surface area contributed by atoms with Crippen molar-refractivity contribution in [3.05, 3.63) is 79.2 Å². The molecule has 1 heterocycles. The lowest BCUT2D eigenvalue weighted by Crippen LogP contribution is -2.41. The second kappa shape index (κ2) is 7.81. The third-order valence-corrected chi connectivity index (χ3v) is 5.96. The summed E-state index contributed by atoms with van der Waals surface area (Å²) in [4.78, 5) is 38.2. The molecule has 30 heavy (non-hydrogen) atoms. The summed E-state index contributed by atoms with van der Waals surface area (Å²) in [5.74, 6) is -2.16. The number of Topliss-reactive ketones (excluding diaryl/α,β-unsaturated/α-hetero) is 1. The number of amides is 1. The number of ketones is 1. The van der Waals surface area contributed by atoms with E-state index in [1.54, 1.807) is 0 Å². The van der Waals surface area contributed by atoms with Gasteiger partial charge in [0.25, 0.3) is 5.69 Å². The van der Waals surface area contributed by atoms with Crippen LogP contribution in [0.15, 0.2) is 47.7 Å². The maximum absolute atomic E-state index is 14.6. The van der Waals surface area contributed by atoms with Crippen molar-refractivity contribution in [3.63, 3.8) is 0 Å². The monoisotopic (exact) mass is 448 g/mol. The highest BCUT2D eigenvalue weighted by Gasteiger charge is 2.42. The largest absolute Gasteiger partial charge is 0.294 e. The van der Waals surface area contributed by atoms with Crippen LogP contribution in [0.5, 0.6) is 0 Å². The van der Waals surface area contributed by atoms with Crippen LogP contribution in [0.2, 0.25) is 10.0 Å². The molecule has 4 rings (SSSR count). The van der Waals surface area contributed by atoms with Crippen molar-refractivity contribution in [1.82, 2.24) is 0 Å². The second-order valence-corrected chi connectivity index (χ2v) is 7.99. The fraction of sp³-hybridized carbons (Fsp3) is 0.238. The van der Waals surface area contributed by atoms with Gasteiger partial charge in [0.1, 0.15) is 11.5 Å². The van der Waals surface area contributed by atoms with E-state index in [1.807, 2.05) is 0 Å². The molecule has 0 aromatic heterocycles. The number of hydrogen-bond donors (Lipinski definition) is 0. The maximum Gasteiger partial charge on any atom is 0.293 e. The van der Waals surface area contributed by atoms with E-state index in [0.717, 1.165) is 0 Å². The van der Waals surface area contributed by atoms with E-state index in [1.165, 1.54) is 41.3 Å². The number of nitrogens with zero attached hydrogens (tertiary/aromatic N) is 2. The Morgan fingerprint density at radius 1 is 1.13 bits per heavy atom. The van der Waals surface area contributed by atoms with Crippen molar-refractivity contribution >= 4 is 46.3 Å². The highest BCUT2D eigenvalue weighted by molar-refractivity contribution is 6.32. The van der Waals surface area contributed by atoms with Crippen LogP contribution in [0.1, 0.15) is 37.2 Å². The van der Waals surface area contributed by atoms with Crippen molar-refractivity contribution in [2.75, 3.05) is 4.90 Å². The molecular weight excluding hydrogens is 434 g/mol. The number of allylic oxidation sites excluding steroid dienone is 2. The summed E-state index contributed by atoms with van der Waals surface area (Å²) in [6.45, 7) is 0. The summed E-state index contributed by atoms with van der Waals surface area (Å²) >= 11 is 12.3. The average Bonchev–Trinajstić information content (AvgIpc) is 2.67. The molecule has 9 heteroatoms. The highest BCUT2D eigenvalue weighted by atomic mass is 35.5. The first-order valence-electron chi connectivity index (χ1n) is 9.26. The summed E-state index contributed by atoms with van der Waals surface area (Å²) in [5, 5.41) is 11.9. The molecule has 1 atom stereocenters. The molecule has 1 aliphatic heterocycles. The Balaban J connectivity index is 1.96. The summed E-state index contributed by atoms with van der Waals surface area (Å²) in [6, 6.07) is 8.10. The first-order valence-corrected chi connectivity index (χ1v) is 10.0. The van der Waals surface area contributed by atoms with Crippen molar-refractivity contribution in [3.8, 4) is 0 Å². The zero-order valence-electron chi connectivity index (χ0n) is 15.5. The van der Waals surface area contributed by atoms with Gasteiger partial charge < -0.3 is 0 Å². The molecule has 0 bridgehead atoms. The maximum atomic E-state index is 14.6. The van der Waals surface area contributed by atoms with Gasteiger partial charge in [-0.1, -0.05) is 29.3 Å². The lowest BCUT2D eigenvalue weighted by molar-refractivity contribution is -0.384. The van der Waals surface area contributed by atoms with Crippen LogP contribution in [0.25, 0.3) is 0 Å². The van der Waals surface area contributed by atoms with Gasteiger partial charge in [-0.05, 0) is 37.1 Å². The molecule has 0 fully saturated rings. The van der Waals surface area contributed by atoms with Crippen LogP contribution in [-0.2, 0) is 9.59 Å². The average molecular weight is 449 g/mol. The van der Waals surface area contributed by atoms with Gasteiger partial charge in [0, 0.05) is 51.7 Å². The van der Waals surface area contributed by atoms with Gasteiger partial charge in [-0.15, -0.1) is 0 Å². The number of rotatable bonds is 3. The fourth-order valence-corrected chi connectivity index (χ4v) is 4.65. The molecule has 1 unspecified atom stereocenters. The number of halogens is 3. The lowest BCUT2D eigenvalue weighted by atomic mass is 9.77. The number of anilines is 1. The van der Waals surface area contributed by atoms with E-state index in [4.69, 9.17) is 23.2 Å². The molecule has 0 spiro atoms. The molecule has 0 saturated heterocycles. The molecule has 2 aromatic rings. The smallest absolute Gasteiger partial charge is 0.293 e. The Hall–Kier alpha value is -2.77. The Kier molecular flexibility index (Phi) is 5.34. The van der Waals surface area contributed by atoms with Gasteiger partial charge >= 0.3 is 0 Å². The Labute approximate surface area is 181 Å². The number of nitro groups is 1. The van der Waals surface area contributed by atoms with Crippen LogP contribution in [0.3, 0.4) is 0 Å². The highest BCUT2D eigenvalue weighted by Crippen LogP contribution is 2.47.